The summed E-state index contributed by atoms with van der Waals surface area (Å²) in [4.78, 5) is 25.8. The van der Waals surface area contributed by atoms with E-state index in [0.717, 1.165) is 14.6 Å². The quantitative estimate of drug-likeness (QED) is 0.473. The number of ketones is 2. The number of hydrogen-bond donors (Lipinski definition) is 0. The van der Waals surface area contributed by atoms with Crippen molar-refractivity contribution in [3.8, 4) is 0 Å². The van der Waals surface area contributed by atoms with Crippen LogP contribution in [0.25, 0.3) is 10.1 Å². The highest BCUT2D eigenvalue weighted by molar-refractivity contribution is 9.10. The van der Waals surface area contributed by atoms with Crippen molar-refractivity contribution >= 4 is 48.9 Å². The molecule has 0 spiro atoms. The molecule has 0 aliphatic heterocycles. The van der Waals surface area contributed by atoms with E-state index in [2.05, 4.69) is 15.9 Å². The van der Waals surface area contributed by atoms with Gasteiger partial charge in [0.2, 0.25) is 5.78 Å². The summed E-state index contributed by atoms with van der Waals surface area (Å²) in [6.45, 7) is 0. The van der Waals surface area contributed by atoms with Crippen molar-refractivity contribution in [3.63, 3.8) is 0 Å². The van der Waals surface area contributed by atoms with Crippen LogP contribution in [0, 0.1) is 0 Å². The van der Waals surface area contributed by atoms with Crippen LogP contribution >= 0.6 is 27.3 Å². The summed E-state index contributed by atoms with van der Waals surface area (Å²) in [7, 11) is 0. The van der Waals surface area contributed by atoms with E-state index >= 15 is 0 Å². The zero-order valence-corrected chi connectivity index (χ0v) is 12.5. The van der Waals surface area contributed by atoms with Gasteiger partial charge in [-0.3, -0.25) is 9.59 Å². The van der Waals surface area contributed by atoms with Gasteiger partial charge in [-0.1, -0.05) is 40.2 Å². The van der Waals surface area contributed by atoms with E-state index in [9.17, 15) is 9.59 Å². The van der Waals surface area contributed by atoms with Crippen LogP contribution in [0.5, 0.6) is 0 Å². The number of hydrogen-bond acceptors (Lipinski definition) is 3. The lowest BCUT2D eigenvalue weighted by atomic mass is 9.87. The summed E-state index contributed by atoms with van der Waals surface area (Å²) in [6, 6.07) is 12.8. The zero-order valence-electron chi connectivity index (χ0n) is 10.1. The van der Waals surface area contributed by atoms with Gasteiger partial charge in [0, 0.05) is 25.7 Å². The molecule has 1 heterocycles. The molecule has 0 saturated carbocycles. The third kappa shape index (κ3) is 1.49. The molecule has 0 unspecified atom stereocenters. The minimum atomic E-state index is -0.0560. The molecule has 0 fully saturated rings. The predicted molar refractivity (Wildman–Crippen MR) is 82.8 cm³/mol. The van der Waals surface area contributed by atoms with Gasteiger partial charge in [0.1, 0.15) is 0 Å². The maximum absolute atomic E-state index is 12.7. The summed E-state index contributed by atoms with van der Waals surface area (Å²) in [5, 5.41) is 0.854. The SMILES string of the molecule is O=C1c2ccccc2C(=O)c2c1sc1ccc(Br)cc21. The van der Waals surface area contributed by atoms with Gasteiger partial charge in [-0.25, -0.2) is 0 Å². The molecule has 4 heteroatoms. The Balaban J connectivity index is 2.12. The molecule has 0 radical (unpaired) electrons. The summed E-state index contributed by atoms with van der Waals surface area (Å²) in [5.41, 5.74) is 1.57. The predicted octanol–water partition coefficient (Wildman–Crippen LogP) is 4.44. The largest absolute Gasteiger partial charge is 0.289 e. The Kier molecular flexibility index (Phi) is 2.46. The first-order valence-electron chi connectivity index (χ1n) is 6.07. The normalized spacial score (nSPS) is 13.4. The molecule has 0 atom stereocenters. The van der Waals surface area contributed by atoms with Crippen LogP contribution in [0.4, 0.5) is 0 Å². The van der Waals surface area contributed by atoms with Gasteiger partial charge in [-0.05, 0) is 18.2 Å². The molecule has 2 aromatic carbocycles. The average Bonchev–Trinajstić information content (AvgIpc) is 2.84. The molecule has 1 aliphatic rings. The third-order valence-corrected chi connectivity index (χ3v) is 5.16. The molecule has 4 rings (SSSR count). The lowest BCUT2D eigenvalue weighted by Crippen LogP contribution is -2.18. The highest BCUT2D eigenvalue weighted by atomic mass is 79.9. The number of fused-ring (bicyclic) bond motifs is 4. The Morgan fingerprint density at radius 1 is 0.900 bits per heavy atom. The van der Waals surface area contributed by atoms with Gasteiger partial charge in [0.15, 0.2) is 5.78 Å². The first kappa shape index (κ1) is 12.0. The van der Waals surface area contributed by atoms with Gasteiger partial charge in [-0.15, -0.1) is 11.3 Å². The molecule has 3 aromatic rings. The van der Waals surface area contributed by atoms with E-state index in [0.29, 0.717) is 21.6 Å². The number of rotatable bonds is 0. The second-order valence-corrected chi connectivity index (χ2v) is 6.62. The van der Waals surface area contributed by atoms with Crippen molar-refractivity contribution in [1.29, 1.82) is 0 Å². The highest BCUT2D eigenvalue weighted by Gasteiger charge is 2.32. The molecule has 0 bridgehead atoms. The second-order valence-electron chi connectivity index (χ2n) is 4.65. The topological polar surface area (TPSA) is 34.1 Å². The minimum absolute atomic E-state index is 0.0486. The Morgan fingerprint density at radius 2 is 1.60 bits per heavy atom. The Labute approximate surface area is 127 Å². The van der Waals surface area contributed by atoms with Crippen molar-refractivity contribution in [2.75, 3.05) is 0 Å². The lowest BCUT2D eigenvalue weighted by molar-refractivity contribution is 0.0983. The van der Waals surface area contributed by atoms with Gasteiger partial charge >= 0.3 is 0 Å². The highest BCUT2D eigenvalue weighted by Crippen LogP contribution is 2.39. The van der Waals surface area contributed by atoms with E-state index in [1.165, 1.54) is 11.3 Å². The fraction of sp³-hybridized carbons (Fsp3) is 0. The van der Waals surface area contributed by atoms with Crippen LogP contribution in [0.2, 0.25) is 0 Å². The standard InChI is InChI=1S/C16H7BrO2S/c17-8-5-6-12-11(7-8)13-14(18)9-3-1-2-4-10(9)15(19)16(13)20-12/h1-7H. The van der Waals surface area contributed by atoms with Crippen molar-refractivity contribution in [2.24, 2.45) is 0 Å². The van der Waals surface area contributed by atoms with E-state index in [1.807, 2.05) is 18.2 Å². The first-order chi connectivity index (χ1) is 9.66. The maximum atomic E-state index is 12.7. The third-order valence-electron chi connectivity index (χ3n) is 3.50. The van der Waals surface area contributed by atoms with Crippen LogP contribution in [0.3, 0.4) is 0 Å². The summed E-state index contributed by atoms with van der Waals surface area (Å²) < 4.78 is 1.87. The van der Waals surface area contributed by atoms with Gasteiger partial charge in [-0.2, -0.15) is 0 Å². The number of halogens is 1. The molecule has 96 valence electrons. The summed E-state index contributed by atoms with van der Waals surface area (Å²) >= 11 is 4.81. The number of thiophene rings is 1. The molecular weight excluding hydrogens is 336 g/mol. The lowest BCUT2D eigenvalue weighted by Gasteiger charge is -2.13. The number of benzene rings is 2. The van der Waals surface area contributed by atoms with Crippen LogP contribution in [-0.4, -0.2) is 11.6 Å². The van der Waals surface area contributed by atoms with Crippen molar-refractivity contribution in [2.45, 2.75) is 0 Å². The van der Waals surface area contributed by atoms with E-state index < -0.39 is 0 Å². The van der Waals surface area contributed by atoms with Gasteiger partial charge in [0.25, 0.3) is 0 Å². The Bertz CT molecular complexity index is 908. The van der Waals surface area contributed by atoms with Crippen molar-refractivity contribution in [1.82, 2.24) is 0 Å². The average molecular weight is 343 g/mol. The molecule has 0 saturated heterocycles. The monoisotopic (exact) mass is 342 g/mol. The van der Waals surface area contributed by atoms with Crippen molar-refractivity contribution < 1.29 is 9.59 Å². The van der Waals surface area contributed by atoms with E-state index in [4.69, 9.17) is 0 Å². The molecule has 20 heavy (non-hydrogen) atoms. The molecule has 1 aliphatic carbocycles. The number of carbonyl (C=O) groups is 2. The van der Waals surface area contributed by atoms with Crippen LogP contribution in [0.1, 0.15) is 31.2 Å². The van der Waals surface area contributed by atoms with Crippen LogP contribution in [0.15, 0.2) is 46.9 Å². The second kappa shape index (κ2) is 4.11. The van der Waals surface area contributed by atoms with Gasteiger partial charge in [0.05, 0.1) is 10.4 Å². The van der Waals surface area contributed by atoms with Crippen molar-refractivity contribution in [3.05, 3.63) is 68.5 Å². The van der Waals surface area contributed by atoms with E-state index in [-0.39, 0.29) is 11.6 Å². The molecule has 0 amide bonds. The maximum Gasteiger partial charge on any atom is 0.204 e. The molecule has 0 N–H and O–H groups in total. The van der Waals surface area contributed by atoms with Crippen LogP contribution < -0.4 is 0 Å². The summed E-state index contributed by atoms with van der Waals surface area (Å²) in [5.74, 6) is -0.105. The zero-order chi connectivity index (χ0) is 13.9. The molecular formula is C16H7BrO2S. The summed E-state index contributed by atoms with van der Waals surface area (Å²) in [6.07, 6.45) is 0. The van der Waals surface area contributed by atoms with Crippen LogP contribution in [-0.2, 0) is 0 Å². The minimum Gasteiger partial charge on any atom is -0.289 e. The van der Waals surface area contributed by atoms with Gasteiger partial charge < -0.3 is 0 Å². The fourth-order valence-electron chi connectivity index (χ4n) is 2.59. The Morgan fingerprint density at radius 3 is 2.35 bits per heavy atom. The fourth-order valence-corrected chi connectivity index (χ4v) is 4.09. The molecule has 1 aromatic heterocycles. The number of carbonyl (C=O) groups excluding carboxylic acids is 2. The van der Waals surface area contributed by atoms with E-state index in [1.54, 1.807) is 24.3 Å². The Hall–Kier alpha value is -1.78. The smallest absolute Gasteiger partial charge is 0.204 e. The first-order valence-corrected chi connectivity index (χ1v) is 7.68. The molecule has 2 nitrogen and oxygen atoms in total.